The largest absolute Gasteiger partial charge is 0.549 e. The molecule has 2 heterocycles. The van der Waals surface area contributed by atoms with E-state index in [1.54, 1.807) is 22.8 Å². The van der Waals surface area contributed by atoms with E-state index in [1.807, 2.05) is 30.3 Å². The Kier molecular flexibility index (Phi) is 5.06. The van der Waals surface area contributed by atoms with E-state index in [4.69, 9.17) is 4.98 Å². The second-order valence-electron chi connectivity index (χ2n) is 6.74. The van der Waals surface area contributed by atoms with Crippen molar-refractivity contribution < 1.29 is 9.90 Å². The molecule has 27 heavy (non-hydrogen) atoms. The van der Waals surface area contributed by atoms with Crippen LogP contribution in [0.2, 0.25) is 0 Å². The molecule has 0 bridgehead atoms. The number of hydrogen-bond donors (Lipinski definition) is 0. The van der Waals surface area contributed by atoms with Crippen LogP contribution in [0.25, 0.3) is 10.2 Å². The molecule has 1 aliphatic carbocycles. The summed E-state index contributed by atoms with van der Waals surface area (Å²) in [6.45, 7) is 1.93. The standard InChI is InChI=1S/C20H20N2O3S2/c1-12(19(24)25)26-20-21-17-16(14-9-5-6-10-15(14)27-17)18(23)22(20)11-13-7-3-2-4-8-13/h2-4,7-8,12H,5-6,9-11H2,1H3,(H,24,25)/p-1/t12-/m0/s1. The molecule has 2 aromatic heterocycles. The van der Waals surface area contributed by atoms with Crippen molar-refractivity contribution in [2.45, 2.75) is 49.6 Å². The molecular formula is C20H19N2O3S2-. The van der Waals surface area contributed by atoms with E-state index in [0.29, 0.717) is 11.7 Å². The topological polar surface area (TPSA) is 75.0 Å². The van der Waals surface area contributed by atoms with Crippen LogP contribution in [0.5, 0.6) is 0 Å². The van der Waals surface area contributed by atoms with Crippen molar-refractivity contribution >= 4 is 39.3 Å². The van der Waals surface area contributed by atoms with Gasteiger partial charge in [-0.1, -0.05) is 42.1 Å². The summed E-state index contributed by atoms with van der Waals surface area (Å²) in [4.78, 5) is 31.3. The summed E-state index contributed by atoms with van der Waals surface area (Å²) in [5.41, 5.74) is 2.05. The Bertz CT molecular complexity index is 1060. The molecule has 1 aliphatic rings. The molecule has 0 spiro atoms. The number of rotatable bonds is 5. The van der Waals surface area contributed by atoms with E-state index in [-0.39, 0.29) is 5.56 Å². The lowest BCUT2D eigenvalue weighted by atomic mass is 9.97. The van der Waals surface area contributed by atoms with E-state index in [2.05, 4.69) is 0 Å². The molecule has 0 saturated heterocycles. The van der Waals surface area contributed by atoms with Crippen molar-refractivity contribution in [1.29, 1.82) is 0 Å². The van der Waals surface area contributed by atoms with E-state index < -0.39 is 11.2 Å². The smallest absolute Gasteiger partial charge is 0.263 e. The van der Waals surface area contributed by atoms with Crippen molar-refractivity contribution in [1.82, 2.24) is 9.55 Å². The minimum Gasteiger partial charge on any atom is -0.549 e. The van der Waals surface area contributed by atoms with Crippen LogP contribution in [0.4, 0.5) is 0 Å². The minimum absolute atomic E-state index is 0.0729. The molecule has 0 unspecified atom stereocenters. The highest BCUT2D eigenvalue weighted by molar-refractivity contribution is 8.00. The number of aliphatic carboxylic acids is 1. The molecule has 0 amide bonds. The van der Waals surface area contributed by atoms with Crippen molar-refractivity contribution in [3.63, 3.8) is 0 Å². The lowest BCUT2D eigenvalue weighted by molar-refractivity contribution is -0.304. The predicted molar refractivity (Wildman–Crippen MR) is 106 cm³/mol. The van der Waals surface area contributed by atoms with Gasteiger partial charge in [-0.15, -0.1) is 11.3 Å². The van der Waals surface area contributed by atoms with Crippen LogP contribution < -0.4 is 10.7 Å². The summed E-state index contributed by atoms with van der Waals surface area (Å²) < 4.78 is 1.61. The maximum absolute atomic E-state index is 13.4. The van der Waals surface area contributed by atoms with Crippen molar-refractivity contribution in [3.05, 3.63) is 56.7 Å². The maximum Gasteiger partial charge on any atom is 0.263 e. The summed E-state index contributed by atoms with van der Waals surface area (Å²) >= 11 is 2.65. The molecule has 1 atom stereocenters. The van der Waals surface area contributed by atoms with Gasteiger partial charge in [0.05, 0.1) is 17.9 Å². The SMILES string of the molecule is C[C@H](Sc1nc2sc3c(c2c(=O)n1Cc1ccccc1)CCCC3)C(=O)[O-]. The number of carbonyl (C=O) groups excluding carboxylic acids is 1. The van der Waals surface area contributed by atoms with Crippen LogP contribution in [0.3, 0.4) is 0 Å². The van der Waals surface area contributed by atoms with Crippen molar-refractivity contribution in [2.75, 3.05) is 0 Å². The zero-order valence-electron chi connectivity index (χ0n) is 14.9. The first-order valence-corrected chi connectivity index (χ1v) is 10.7. The number of benzene rings is 1. The average molecular weight is 400 g/mol. The Morgan fingerprint density at radius 1 is 1.30 bits per heavy atom. The van der Waals surface area contributed by atoms with Crippen LogP contribution in [0.1, 0.15) is 35.8 Å². The van der Waals surface area contributed by atoms with E-state index in [9.17, 15) is 14.7 Å². The zero-order valence-corrected chi connectivity index (χ0v) is 16.6. The number of thiophene rings is 1. The molecule has 140 valence electrons. The third-order valence-corrected chi connectivity index (χ3v) is 7.09. The lowest BCUT2D eigenvalue weighted by Gasteiger charge is -2.16. The molecule has 7 heteroatoms. The van der Waals surface area contributed by atoms with Crippen LogP contribution in [0.15, 0.2) is 40.3 Å². The van der Waals surface area contributed by atoms with Gasteiger partial charge in [0.2, 0.25) is 0 Å². The Labute approximate surface area is 165 Å². The highest BCUT2D eigenvalue weighted by atomic mass is 32.2. The van der Waals surface area contributed by atoms with Gasteiger partial charge in [-0.25, -0.2) is 4.98 Å². The summed E-state index contributed by atoms with van der Waals surface area (Å²) in [7, 11) is 0. The highest BCUT2D eigenvalue weighted by Gasteiger charge is 2.23. The Balaban J connectivity index is 1.89. The van der Waals surface area contributed by atoms with Gasteiger partial charge in [-0.2, -0.15) is 0 Å². The number of carboxylic acids is 1. The average Bonchev–Trinajstić information content (AvgIpc) is 3.04. The first-order valence-electron chi connectivity index (χ1n) is 9.01. The second-order valence-corrected chi connectivity index (χ2v) is 9.13. The predicted octanol–water partition coefficient (Wildman–Crippen LogP) is 2.62. The monoisotopic (exact) mass is 399 g/mol. The molecule has 5 nitrogen and oxygen atoms in total. The van der Waals surface area contributed by atoms with Crippen molar-refractivity contribution in [3.8, 4) is 0 Å². The highest BCUT2D eigenvalue weighted by Crippen LogP contribution is 2.35. The van der Waals surface area contributed by atoms with E-state index >= 15 is 0 Å². The van der Waals surface area contributed by atoms with Gasteiger partial charge in [0.15, 0.2) is 5.16 Å². The van der Waals surface area contributed by atoms with Crippen LogP contribution in [-0.4, -0.2) is 20.8 Å². The number of carboxylic acid groups (broad SMARTS) is 1. The molecule has 0 aliphatic heterocycles. The first kappa shape index (κ1) is 18.3. The second kappa shape index (κ2) is 7.48. The molecule has 1 aromatic carbocycles. The fourth-order valence-electron chi connectivity index (χ4n) is 3.42. The first-order chi connectivity index (χ1) is 13.0. The Morgan fingerprint density at radius 3 is 2.78 bits per heavy atom. The van der Waals surface area contributed by atoms with Crippen LogP contribution in [-0.2, 0) is 24.2 Å². The lowest BCUT2D eigenvalue weighted by Crippen LogP contribution is -2.32. The minimum atomic E-state index is -1.16. The Hall–Kier alpha value is -2.12. The summed E-state index contributed by atoms with van der Waals surface area (Å²) in [6, 6.07) is 9.69. The van der Waals surface area contributed by atoms with Crippen molar-refractivity contribution in [2.24, 2.45) is 0 Å². The molecule has 3 aromatic rings. The van der Waals surface area contributed by atoms with Gasteiger partial charge in [0.1, 0.15) is 4.83 Å². The molecule has 0 radical (unpaired) electrons. The number of nitrogens with zero attached hydrogens (tertiary/aromatic N) is 2. The number of hydrogen-bond acceptors (Lipinski definition) is 6. The quantitative estimate of drug-likeness (QED) is 0.487. The number of carbonyl (C=O) groups is 1. The zero-order chi connectivity index (χ0) is 19.0. The van der Waals surface area contributed by atoms with Crippen LogP contribution >= 0.6 is 23.1 Å². The van der Waals surface area contributed by atoms with Gasteiger partial charge >= 0.3 is 0 Å². The van der Waals surface area contributed by atoms with E-state index in [1.165, 1.54) is 4.88 Å². The maximum atomic E-state index is 13.4. The van der Waals surface area contributed by atoms with Crippen LogP contribution in [0, 0.1) is 0 Å². The summed E-state index contributed by atoms with van der Waals surface area (Å²) in [5, 5.41) is 11.6. The van der Waals surface area contributed by atoms with E-state index in [0.717, 1.165) is 58.8 Å². The summed E-state index contributed by atoms with van der Waals surface area (Å²) in [6.07, 6.45) is 4.14. The summed E-state index contributed by atoms with van der Waals surface area (Å²) in [5.74, 6) is -1.16. The van der Waals surface area contributed by atoms with Gasteiger partial charge in [-0.3, -0.25) is 9.36 Å². The van der Waals surface area contributed by atoms with Gasteiger partial charge in [-0.05, 0) is 43.7 Å². The normalized spacial score (nSPS) is 14.9. The molecular weight excluding hydrogens is 380 g/mol. The molecule has 0 N–H and O–H groups in total. The Morgan fingerprint density at radius 2 is 2.04 bits per heavy atom. The number of aryl methyl sites for hydroxylation is 2. The molecule has 0 fully saturated rings. The molecule has 0 saturated carbocycles. The number of fused-ring (bicyclic) bond motifs is 3. The fraction of sp³-hybridized carbons (Fsp3) is 0.350. The number of thioether (sulfide) groups is 1. The third kappa shape index (κ3) is 3.53. The van der Waals surface area contributed by atoms with Gasteiger partial charge < -0.3 is 9.90 Å². The van der Waals surface area contributed by atoms with Gasteiger partial charge in [0.25, 0.3) is 5.56 Å². The third-order valence-electron chi connectivity index (χ3n) is 4.84. The number of aromatic nitrogens is 2. The van der Waals surface area contributed by atoms with Gasteiger partial charge in [0, 0.05) is 10.1 Å². The fourth-order valence-corrected chi connectivity index (χ4v) is 5.56. The molecule has 4 rings (SSSR count).